The topological polar surface area (TPSA) is 76.1 Å². The van der Waals surface area contributed by atoms with Crippen LogP contribution in [0, 0.1) is 5.92 Å². The van der Waals surface area contributed by atoms with E-state index in [0.717, 1.165) is 24.8 Å². The van der Waals surface area contributed by atoms with Gasteiger partial charge in [-0.25, -0.2) is 0 Å². The molecule has 1 unspecified atom stereocenters. The van der Waals surface area contributed by atoms with Crippen molar-refractivity contribution in [3.8, 4) is 11.5 Å². The van der Waals surface area contributed by atoms with Crippen molar-refractivity contribution in [2.45, 2.75) is 45.1 Å². The molecule has 1 aliphatic rings. The van der Waals surface area contributed by atoms with Gasteiger partial charge in [0.15, 0.2) is 17.6 Å². The summed E-state index contributed by atoms with van der Waals surface area (Å²) in [6.45, 7) is 3.03. The van der Waals surface area contributed by atoms with Crippen LogP contribution in [0.4, 0.5) is 0 Å². The molecule has 0 saturated carbocycles. The van der Waals surface area contributed by atoms with E-state index in [0.29, 0.717) is 31.2 Å². The van der Waals surface area contributed by atoms with Gasteiger partial charge in [-0.2, -0.15) is 0 Å². The molecule has 1 heterocycles. The van der Waals surface area contributed by atoms with Crippen LogP contribution < -0.4 is 4.74 Å². The summed E-state index contributed by atoms with van der Waals surface area (Å²) in [4.78, 5) is 26.7. The zero-order chi connectivity index (χ0) is 22.2. The first-order valence-corrected chi connectivity index (χ1v) is 10.8. The predicted octanol–water partition coefficient (Wildman–Crippen LogP) is 3.75. The van der Waals surface area contributed by atoms with Gasteiger partial charge < -0.3 is 19.5 Å². The summed E-state index contributed by atoms with van der Waals surface area (Å²) >= 11 is 0. The highest BCUT2D eigenvalue weighted by Gasteiger charge is 2.28. The second-order valence-electron chi connectivity index (χ2n) is 8.10. The molecule has 6 heteroatoms. The molecular weight excluding hydrogens is 394 g/mol. The molecule has 0 radical (unpaired) electrons. The van der Waals surface area contributed by atoms with Crippen LogP contribution in [0.1, 0.15) is 37.3 Å². The fourth-order valence-corrected chi connectivity index (χ4v) is 4.01. The number of aryl methyl sites for hydroxylation is 1. The molecule has 1 aliphatic heterocycles. The van der Waals surface area contributed by atoms with Gasteiger partial charge in [0.1, 0.15) is 0 Å². The Hall–Kier alpha value is -3.02. The number of aromatic hydroxyl groups is 1. The van der Waals surface area contributed by atoms with Gasteiger partial charge in [0.05, 0.1) is 7.11 Å². The maximum Gasteiger partial charge on any atom is 0.306 e. The third-order valence-corrected chi connectivity index (χ3v) is 5.81. The maximum absolute atomic E-state index is 12.7. The minimum Gasteiger partial charge on any atom is -0.504 e. The Kier molecular flexibility index (Phi) is 7.93. The van der Waals surface area contributed by atoms with Crippen LogP contribution in [0.25, 0.3) is 0 Å². The molecule has 6 nitrogen and oxygen atoms in total. The van der Waals surface area contributed by atoms with Crippen LogP contribution in [0.3, 0.4) is 0 Å². The van der Waals surface area contributed by atoms with Crippen molar-refractivity contribution in [3.63, 3.8) is 0 Å². The number of carbonyl (C=O) groups is 2. The standard InChI is InChI=1S/C25H31NO5/c1-18(31-24(28)11-9-20-8-10-23(30-2)22(27)17-20)25(29)26-14-12-21(13-15-26)16-19-6-4-3-5-7-19/h3-8,10,17-18,21,27H,9,11-16H2,1-2H3. The zero-order valence-electron chi connectivity index (χ0n) is 18.3. The molecule has 1 fully saturated rings. The average Bonchev–Trinajstić information content (AvgIpc) is 2.78. The predicted molar refractivity (Wildman–Crippen MR) is 118 cm³/mol. The van der Waals surface area contributed by atoms with Crippen LogP contribution in [-0.4, -0.2) is 48.2 Å². The summed E-state index contributed by atoms with van der Waals surface area (Å²) in [6, 6.07) is 15.4. The first-order chi connectivity index (χ1) is 15.0. The van der Waals surface area contributed by atoms with E-state index >= 15 is 0 Å². The number of phenolic OH excluding ortho intramolecular Hbond substituents is 1. The number of nitrogens with zero attached hydrogens (tertiary/aromatic N) is 1. The van der Waals surface area contributed by atoms with Crippen molar-refractivity contribution in [1.29, 1.82) is 0 Å². The Morgan fingerprint density at radius 3 is 2.45 bits per heavy atom. The van der Waals surface area contributed by atoms with E-state index < -0.39 is 12.1 Å². The molecule has 1 amide bonds. The summed E-state index contributed by atoms with van der Waals surface area (Å²) in [5.41, 5.74) is 2.13. The molecule has 1 N–H and O–H groups in total. The lowest BCUT2D eigenvalue weighted by Gasteiger charge is -2.33. The molecule has 0 aliphatic carbocycles. The van der Waals surface area contributed by atoms with E-state index in [2.05, 4.69) is 24.3 Å². The summed E-state index contributed by atoms with van der Waals surface area (Å²) in [5, 5.41) is 9.83. The minimum absolute atomic E-state index is 0.0348. The van der Waals surface area contributed by atoms with E-state index in [4.69, 9.17) is 9.47 Å². The Morgan fingerprint density at radius 2 is 1.81 bits per heavy atom. The number of phenols is 1. The number of amides is 1. The second kappa shape index (κ2) is 10.8. The number of carbonyl (C=O) groups excluding carboxylic acids is 2. The number of esters is 1. The largest absolute Gasteiger partial charge is 0.504 e. The van der Waals surface area contributed by atoms with E-state index in [1.54, 1.807) is 30.0 Å². The SMILES string of the molecule is COc1ccc(CCC(=O)OC(C)C(=O)N2CCC(Cc3ccccc3)CC2)cc1O. The Balaban J connectivity index is 1.40. The van der Waals surface area contributed by atoms with Gasteiger partial charge in [-0.1, -0.05) is 36.4 Å². The average molecular weight is 426 g/mol. The number of hydrogen-bond donors (Lipinski definition) is 1. The molecule has 0 bridgehead atoms. The highest BCUT2D eigenvalue weighted by Crippen LogP contribution is 2.27. The molecule has 1 atom stereocenters. The number of benzene rings is 2. The number of likely N-dealkylation sites (tertiary alicyclic amines) is 1. The van der Waals surface area contributed by atoms with Crippen LogP contribution in [0.5, 0.6) is 11.5 Å². The van der Waals surface area contributed by atoms with Gasteiger partial charge in [-0.15, -0.1) is 0 Å². The highest BCUT2D eigenvalue weighted by atomic mass is 16.5. The third-order valence-electron chi connectivity index (χ3n) is 5.81. The van der Waals surface area contributed by atoms with Crippen LogP contribution in [0.15, 0.2) is 48.5 Å². The fraction of sp³-hybridized carbons (Fsp3) is 0.440. The number of methoxy groups -OCH3 is 1. The van der Waals surface area contributed by atoms with Crippen LogP contribution in [-0.2, 0) is 27.2 Å². The molecule has 1 saturated heterocycles. The fourth-order valence-electron chi connectivity index (χ4n) is 4.01. The van der Waals surface area contributed by atoms with Crippen molar-refractivity contribution in [2.75, 3.05) is 20.2 Å². The lowest BCUT2D eigenvalue weighted by atomic mass is 9.90. The normalized spacial score (nSPS) is 15.4. The van der Waals surface area contributed by atoms with Gasteiger partial charge in [0.25, 0.3) is 5.91 Å². The lowest BCUT2D eigenvalue weighted by molar-refractivity contribution is -0.159. The van der Waals surface area contributed by atoms with Gasteiger partial charge >= 0.3 is 5.97 Å². The number of ether oxygens (including phenoxy) is 2. The Bertz CT molecular complexity index is 875. The van der Waals surface area contributed by atoms with Crippen molar-refractivity contribution < 1.29 is 24.2 Å². The lowest BCUT2D eigenvalue weighted by Crippen LogP contribution is -2.44. The van der Waals surface area contributed by atoms with E-state index in [1.165, 1.54) is 12.7 Å². The summed E-state index contributed by atoms with van der Waals surface area (Å²) in [6.07, 6.45) is 2.73. The Labute approximate surface area is 183 Å². The smallest absolute Gasteiger partial charge is 0.306 e. The molecular formula is C25H31NO5. The van der Waals surface area contributed by atoms with E-state index in [-0.39, 0.29) is 18.1 Å². The number of rotatable bonds is 8. The Morgan fingerprint density at radius 1 is 1.10 bits per heavy atom. The molecule has 0 spiro atoms. The third kappa shape index (κ3) is 6.48. The van der Waals surface area contributed by atoms with Crippen LogP contribution in [0.2, 0.25) is 0 Å². The first-order valence-electron chi connectivity index (χ1n) is 10.8. The summed E-state index contributed by atoms with van der Waals surface area (Å²) < 4.78 is 10.4. The van der Waals surface area contributed by atoms with Gasteiger partial charge in [-0.3, -0.25) is 9.59 Å². The van der Waals surface area contributed by atoms with Crippen molar-refractivity contribution in [3.05, 3.63) is 59.7 Å². The molecule has 2 aromatic carbocycles. The molecule has 166 valence electrons. The van der Waals surface area contributed by atoms with Crippen molar-refractivity contribution >= 4 is 11.9 Å². The van der Waals surface area contributed by atoms with E-state index in [9.17, 15) is 14.7 Å². The number of piperidine rings is 1. The zero-order valence-corrected chi connectivity index (χ0v) is 18.3. The first kappa shape index (κ1) is 22.7. The molecule has 3 rings (SSSR count). The maximum atomic E-state index is 12.7. The van der Waals surface area contributed by atoms with Crippen LogP contribution >= 0.6 is 0 Å². The minimum atomic E-state index is -0.789. The highest BCUT2D eigenvalue weighted by molar-refractivity contribution is 5.83. The second-order valence-corrected chi connectivity index (χ2v) is 8.10. The summed E-state index contributed by atoms with van der Waals surface area (Å²) in [7, 11) is 1.48. The summed E-state index contributed by atoms with van der Waals surface area (Å²) in [5.74, 6) is 0.444. The van der Waals surface area contributed by atoms with Crippen molar-refractivity contribution in [1.82, 2.24) is 4.90 Å². The monoisotopic (exact) mass is 425 g/mol. The molecule has 2 aromatic rings. The van der Waals surface area contributed by atoms with E-state index in [1.807, 2.05) is 6.07 Å². The van der Waals surface area contributed by atoms with Gasteiger partial charge in [0, 0.05) is 19.5 Å². The van der Waals surface area contributed by atoms with Crippen molar-refractivity contribution in [2.24, 2.45) is 5.92 Å². The molecule has 0 aromatic heterocycles. The van der Waals surface area contributed by atoms with Gasteiger partial charge in [0.2, 0.25) is 0 Å². The quantitative estimate of drug-likeness (QED) is 0.652. The van der Waals surface area contributed by atoms with Gasteiger partial charge in [-0.05, 0) is 61.8 Å². The number of hydrogen-bond acceptors (Lipinski definition) is 5. The molecule has 31 heavy (non-hydrogen) atoms.